The zero-order valence-electron chi connectivity index (χ0n) is 11.9. The summed E-state index contributed by atoms with van der Waals surface area (Å²) in [5.41, 5.74) is 2.11. The molecule has 2 N–H and O–H groups in total. The SMILES string of the molecule is C[C@H](O)c1ccc(N2CCCN(CCO)CC2)c(Br)c1. The van der Waals surface area contributed by atoms with Crippen LogP contribution in [0.3, 0.4) is 0 Å². The molecule has 1 aromatic carbocycles. The highest BCUT2D eigenvalue weighted by molar-refractivity contribution is 9.10. The minimum atomic E-state index is -0.440. The second-order valence-corrected chi connectivity index (χ2v) is 6.15. The molecular formula is C15H23BrN2O2. The van der Waals surface area contributed by atoms with E-state index in [0.717, 1.165) is 49.2 Å². The maximum absolute atomic E-state index is 9.62. The monoisotopic (exact) mass is 342 g/mol. The summed E-state index contributed by atoms with van der Waals surface area (Å²) in [6, 6.07) is 6.06. The molecule has 0 saturated carbocycles. The molecule has 1 fully saturated rings. The third-order valence-electron chi connectivity index (χ3n) is 3.80. The first kappa shape index (κ1) is 15.8. The zero-order valence-corrected chi connectivity index (χ0v) is 13.5. The van der Waals surface area contributed by atoms with Gasteiger partial charge >= 0.3 is 0 Å². The molecule has 1 atom stereocenters. The van der Waals surface area contributed by atoms with Crippen LogP contribution in [0.5, 0.6) is 0 Å². The highest BCUT2D eigenvalue weighted by Crippen LogP contribution is 2.30. The molecule has 1 heterocycles. The number of anilines is 1. The van der Waals surface area contributed by atoms with Crippen molar-refractivity contribution < 1.29 is 10.2 Å². The molecule has 4 nitrogen and oxygen atoms in total. The highest BCUT2D eigenvalue weighted by atomic mass is 79.9. The van der Waals surface area contributed by atoms with E-state index in [1.54, 1.807) is 6.92 Å². The van der Waals surface area contributed by atoms with Gasteiger partial charge in [-0.05, 0) is 53.5 Å². The summed E-state index contributed by atoms with van der Waals surface area (Å²) in [5, 5.41) is 18.7. The van der Waals surface area contributed by atoms with E-state index in [1.807, 2.05) is 12.1 Å². The Morgan fingerprint density at radius 1 is 1.25 bits per heavy atom. The zero-order chi connectivity index (χ0) is 14.5. The minimum absolute atomic E-state index is 0.229. The molecule has 0 amide bonds. The third-order valence-corrected chi connectivity index (χ3v) is 4.43. The average Bonchev–Trinajstić information content (AvgIpc) is 2.65. The number of rotatable bonds is 4. The summed E-state index contributed by atoms with van der Waals surface area (Å²) in [4.78, 5) is 4.67. The predicted octanol–water partition coefficient (Wildman–Crippen LogP) is 2.01. The Labute approximate surface area is 129 Å². The second kappa shape index (κ2) is 7.41. The van der Waals surface area contributed by atoms with Gasteiger partial charge in [0.25, 0.3) is 0 Å². The van der Waals surface area contributed by atoms with Crippen LogP contribution in [-0.2, 0) is 0 Å². The van der Waals surface area contributed by atoms with Gasteiger partial charge in [0.15, 0.2) is 0 Å². The topological polar surface area (TPSA) is 46.9 Å². The van der Waals surface area contributed by atoms with Crippen molar-refractivity contribution in [1.29, 1.82) is 0 Å². The Morgan fingerprint density at radius 3 is 2.70 bits per heavy atom. The number of β-amino-alcohol motifs (C(OH)–C–C–N with tert-alkyl or cyclic N) is 1. The van der Waals surface area contributed by atoms with Crippen molar-refractivity contribution in [3.8, 4) is 0 Å². The maximum atomic E-state index is 9.62. The van der Waals surface area contributed by atoms with Crippen molar-refractivity contribution in [1.82, 2.24) is 4.90 Å². The number of halogens is 1. The third kappa shape index (κ3) is 3.95. The van der Waals surface area contributed by atoms with Crippen LogP contribution in [0.2, 0.25) is 0 Å². The van der Waals surface area contributed by atoms with Crippen LogP contribution in [0.1, 0.15) is 25.0 Å². The Morgan fingerprint density at radius 2 is 2.05 bits per heavy atom. The summed E-state index contributed by atoms with van der Waals surface area (Å²) in [6.45, 7) is 6.77. The molecule has 0 aliphatic carbocycles. The van der Waals surface area contributed by atoms with Crippen molar-refractivity contribution in [2.45, 2.75) is 19.4 Å². The highest BCUT2D eigenvalue weighted by Gasteiger charge is 2.17. The van der Waals surface area contributed by atoms with Crippen LogP contribution < -0.4 is 4.90 Å². The quantitative estimate of drug-likeness (QED) is 0.878. The Balaban J connectivity index is 2.07. The van der Waals surface area contributed by atoms with E-state index in [4.69, 9.17) is 5.11 Å². The number of aliphatic hydroxyl groups excluding tert-OH is 2. The summed E-state index contributed by atoms with van der Waals surface area (Å²) >= 11 is 3.62. The van der Waals surface area contributed by atoms with Gasteiger partial charge < -0.3 is 15.1 Å². The summed E-state index contributed by atoms with van der Waals surface area (Å²) < 4.78 is 1.03. The first-order chi connectivity index (χ1) is 9.61. The molecule has 0 radical (unpaired) electrons. The fourth-order valence-corrected chi connectivity index (χ4v) is 3.26. The maximum Gasteiger partial charge on any atom is 0.0762 e. The smallest absolute Gasteiger partial charge is 0.0762 e. The van der Waals surface area contributed by atoms with Crippen LogP contribution in [0.25, 0.3) is 0 Å². The normalized spacial score (nSPS) is 18.9. The van der Waals surface area contributed by atoms with Gasteiger partial charge in [0.1, 0.15) is 0 Å². The molecule has 0 bridgehead atoms. The van der Waals surface area contributed by atoms with Crippen molar-refractivity contribution in [2.24, 2.45) is 0 Å². The van der Waals surface area contributed by atoms with E-state index in [2.05, 4.69) is 31.8 Å². The van der Waals surface area contributed by atoms with E-state index in [-0.39, 0.29) is 6.61 Å². The van der Waals surface area contributed by atoms with Gasteiger partial charge in [-0.2, -0.15) is 0 Å². The molecule has 0 unspecified atom stereocenters. The molecule has 2 rings (SSSR count). The first-order valence-electron chi connectivity index (χ1n) is 7.17. The summed E-state index contributed by atoms with van der Waals surface area (Å²) in [6.07, 6.45) is 0.662. The predicted molar refractivity (Wildman–Crippen MR) is 85.1 cm³/mol. The lowest BCUT2D eigenvalue weighted by Gasteiger charge is -2.25. The number of hydrogen-bond donors (Lipinski definition) is 2. The van der Waals surface area contributed by atoms with Gasteiger partial charge in [0.05, 0.1) is 18.4 Å². The number of nitrogens with zero attached hydrogens (tertiary/aromatic N) is 2. The molecule has 5 heteroatoms. The lowest BCUT2D eigenvalue weighted by molar-refractivity contribution is 0.199. The van der Waals surface area contributed by atoms with Crippen molar-refractivity contribution in [2.75, 3.05) is 44.2 Å². The van der Waals surface area contributed by atoms with Gasteiger partial charge in [-0.15, -0.1) is 0 Å². The lowest BCUT2D eigenvalue weighted by atomic mass is 10.1. The van der Waals surface area contributed by atoms with Gasteiger partial charge in [-0.25, -0.2) is 0 Å². The van der Waals surface area contributed by atoms with Crippen LogP contribution in [0.4, 0.5) is 5.69 Å². The molecular weight excluding hydrogens is 320 g/mol. The minimum Gasteiger partial charge on any atom is -0.395 e. The van der Waals surface area contributed by atoms with E-state index < -0.39 is 6.10 Å². The number of benzene rings is 1. The largest absolute Gasteiger partial charge is 0.395 e. The van der Waals surface area contributed by atoms with Gasteiger partial charge in [0.2, 0.25) is 0 Å². The van der Waals surface area contributed by atoms with Crippen LogP contribution >= 0.6 is 15.9 Å². The van der Waals surface area contributed by atoms with Gasteiger partial charge in [0, 0.05) is 30.7 Å². The van der Waals surface area contributed by atoms with Gasteiger partial charge in [-0.3, -0.25) is 4.90 Å². The standard InChI is InChI=1S/C15H23BrN2O2/c1-12(20)13-3-4-15(14(16)11-13)18-6-2-5-17(7-8-18)9-10-19/h3-4,11-12,19-20H,2,5-10H2,1H3/t12-/m0/s1. The molecule has 20 heavy (non-hydrogen) atoms. The van der Waals surface area contributed by atoms with Crippen molar-refractivity contribution >= 4 is 21.6 Å². The van der Waals surface area contributed by atoms with Crippen molar-refractivity contribution in [3.05, 3.63) is 28.2 Å². The molecule has 1 aliphatic heterocycles. The molecule has 1 aromatic rings. The molecule has 1 saturated heterocycles. The number of hydrogen-bond acceptors (Lipinski definition) is 4. The lowest BCUT2D eigenvalue weighted by Crippen LogP contribution is -2.32. The molecule has 0 spiro atoms. The van der Waals surface area contributed by atoms with E-state index >= 15 is 0 Å². The van der Waals surface area contributed by atoms with Crippen LogP contribution in [0.15, 0.2) is 22.7 Å². The molecule has 1 aliphatic rings. The Hall–Kier alpha value is -0.620. The summed E-state index contributed by atoms with van der Waals surface area (Å²) in [5.74, 6) is 0. The van der Waals surface area contributed by atoms with Gasteiger partial charge in [-0.1, -0.05) is 6.07 Å². The molecule has 0 aromatic heterocycles. The molecule has 112 valence electrons. The first-order valence-corrected chi connectivity index (χ1v) is 7.97. The van der Waals surface area contributed by atoms with E-state index in [0.29, 0.717) is 0 Å². The van der Waals surface area contributed by atoms with Crippen LogP contribution in [-0.4, -0.2) is 54.4 Å². The number of aliphatic hydroxyl groups is 2. The van der Waals surface area contributed by atoms with Crippen molar-refractivity contribution in [3.63, 3.8) is 0 Å². The Bertz CT molecular complexity index is 440. The average molecular weight is 343 g/mol. The fraction of sp³-hybridized carbons (Fsp3) is 0.600. The Kier molecular flexibility index (Phi) is 5.84. The van der Waals surface area contributed by atoms with E-state index in [9.17, 15) is 5.11 Å². The van der Waals surface area contributed by atoms with E-state index in [1.165, 1.54) is 5.69 Å². The fourth-order valence-electron chi connectivity index (χ4n) is 2.62. The summed E-state index contributed by atoms with van der Waals surface area (Å²) in [7, 11) is 0. The van der Waals surface area contributed by atoms with Crippen LogP contribution in [0, 0.1) is 0 Å². The second-order valence-electron chi connectivity index (χ2n) is 5.29.